The van der Waals surface area contributed by atoms with Crippen LogP contribution in [-0.4, -0.2) is 23.9 Å². The molecular weight excluding hydrogens is 246 g/mol. The van der Waals surface area contributed by atoms with Crippen LogP contribution in [0.2, 0.25) is 0 Å². The lowest BCUT2D eigenvalue weighted by Crippen LogP contribution is -2.48. The van der Waals surface area contributed by atoms with Gasteiger partial charge in [-0.1, -0.05) is 31.5 Å². The number of fused-ring (bicyclic) bond motifs is 1. The van der Waals surface area contributed by atoms with E-state index in [1.165, 1.54) is 24.1 Å². The van der Waals surface area contributed by atoms with Crippen molar-refractivity contribution in [1.29, 1.82) is 0 Å². The van der Waals surface area contributed by atoms with Gasteiger partial charge in [-0.25, -0.2) is 5.01 Å². The average molecular weight is 267 g/mol. The molecule has 0 spiro atoms. The molecule has 0 N–H and O–H groups in total. The lowest BCUT2D eigenvalue weighted by molar-refractivity contribution is 0.304. The number of hydrazone groups is 1. The van der Waals surface area contributed by atoms with Crippen LogP contribution in [0.1, 0.15) is 26.2 Å². The lowest BCUT2D eigenvalue weighted by Gasteiger charge is -2.42. The Bertz CT molecular complexity index is 530. The van der Waals surface area contributed by atoms with Gasteiger partial charge >= 0.3 is 0 Å². The van der Waals surface area contributed by atoms with Gasteiger partial charge in [0.25, 0.3) is 0 Å². The van der Waals surface area contributed by atoms with Gasteiger partial charge < -0.3 is 4.90 Å². The molecule has 104 valence electrons. The van der Waals surface area contributed by atoms with Crippen LogP contribution in [0.3, 0.4) is 0 Å². The Morgan fingerprint density at radius 3 is 2.90 bits per heavy atom. The summed E-state index contributed by atoms with van der Waals surface area (Å²) in [7, 11) is 0. The van der Waals surface area contributed by atoms with E-state index < -0.39 is 0 Å². The van der Waals surface area contributed by atoms with Crippen molar-refractivity contribution in [3.63, 3.8) is 0 Å². The standard InChI is InChI=1S/C17H21N3/c1-2-3-8-15-13-19(16-9-5-4-6-10-16)17-11-7-12-18-20(17)14-15/h4-7,9-12,14,17H,2-3,8,13H2,1H3. The van der Waals surface area contributed by atoms with E-state index >= 15 is 0 Å². The van der Waals surface area contributed by atoms with Crippen LogP contribution in [0.5, 0.6) is 0 Å². The molecule has 1 aromatic carbocycles. The van der Waals surface area contributed by atoms with Crippen molar-refractivity contribution in [2.75, 3.05) is 11.4 Å². The third-order valence-corrected chi connectivity index (χ3v) is 3.79. The molecule has 20 heavy (non-hydrogen) atoms. The summed E-state index contributed by atoms with van der Waals surface area (Å²) in [6, 6.07) is 10.6. The van der Waals surface area contributed by atoms with Crippen molar-refractivity contribution in [3.05, 3.63) is 54.3 Å². The summed E-state index contributed by atoms with van der Waals surface area (Å²) < 4.78 is 0. The zero-order valence-corrected chi connectivity index (χ0v) is 11.9. The molecule has 2 heterocycles. The number of nitrogens with zero attached hydrogens (tertiary/aromatic N) is 3. The molecule has 0 aromatic heterocycles. The minimum Gasteiger partial charge on any atom is -0.342 e. The Kier molecular flexibility index (Phi) is 3.86. The van der Waals surface area contributed by atoms with Crippen LogP contribution >= 0.6 is 0 Å². The summed E-state index contributed by atoms with van der Waals surface area (Å²) in [6.07, 6.45) is 12.1. The summed E-state index contributed by atoms with van der Waals surface area (Å²) in [4.78, 5) is 2.41. The van der Waals surface area contributed by atoms with Gasteiger partial charge in [-0.05, 0) is 42.7 Å². The first-order chi connectivity index (χ1) is 9.88. The number of hydrogen-bond donors (Lipinski definition) is 0. The lowest BCUT2D eigenvalue weighted by atomic mass is 10.1. The van der Waals surface area contributed by atoms with Gasteiger partial charge in [0.05, 0.1) is 0 Å². The van der Waals surface area contributed by atoms with E-state index in [0.717, 1.165) is 13.0 Å². The smallest absolute Gasteiger partial charge is 0.142 e. The summed E-state index contributed by atoms with van der Waals surface area (Å²) in [6.45, 7) is 3.23. The predicted molar refractivity (Wildman–Crippen MR) is 84.7 cm³/mol. The zero-order chi connectivity index (χ0) is 13.8. The molecule has 0 amide bonds. The van der Waals surface area contributed by atoms with Gasteiger partial charge in [-0.15, -0.1) is 0 Å². The highest BCUT2D eigenvalue weighted by molar-refractivity contribution is 5.72. The normalized spacial score (nSPS) is 20.9. The first-order valence-corrected chi connectivity index (χ1v) is 7.39. The molecular formula is C17H21N3. The molecule has 0 radical (unpaired) electrons. The maximum absolute atomic E-state index is 4.49. The number of rotatable bonds is 4. The molecule has 3 rings (SSSR count). The van der Waals surface area contributed by atoms with Crippen LogP contribution in [0, 0.1) is 0 Å². The molecule has 1 atom stereocenters. The van der Waals surface area contributed by atoms with E-state index in [9.17, 15) is 0 Å². The molecule has 0 fully saturated rings. The summed E-state index contributed by atoms with van der Waals surface area (Å²) in [5, 5.41) is 6.56. The van der Waals surface area contributed by atoms with Crippen molar-refractivity contribution in [1.82, 2.24) is 5.01 Å². The Balaban J connectivity index is 1.88. The molecule has 3 nitrogen and oxygen atoms in total. The van der Waals surface area contributed by atoms with Gasteiger partial charge in [0.1, 0.15) is 6.17 Å². The van der Waals surface area contributed by atoms with Crippen LogP contribution < -0.4 is 4.90 Å². The molecule has 2 aliphatic heterocycles. The second-order valence-corrected chi connectivity index (χ2v) is 5.30. The van der Waals surface area contributed by atoms with E-state index in [1.807, 2.05) is 12.3 Å². The Labute approximate surface area is 120 Å². The largest absolute Gasteiger partial charge is 0.342 e. The van der Waals surface area contributed by atoms with Crippen molar-refractivity contribution < 1.29 is 0 Å². The highest BCUT2D eigenvalue weighted by Gasteiger charge is 2.27. The van der Waals surface area contributed by atoms with Gasteiger partial charge in [0.15, 0.2) is 0 Å². The second-order valence-electron chi connectivity index (χ2n) is 5.30. The highest BCUT2D eigenvalue weighted by atomic mass is 15.5. The first kappa shape index (κ1) is 13.0. The Hall–Kier alpha value is -2.03. The van der Waals surface area contributed by atoms with Crippen molar-refractivity contribution in [2.45, 2.75) is 32.4 Å². The van der Waals surface area contributed by atoms with Crippen LogP contribution in [-0.2, 0) is 0 Å². The number of benzene rings is 1. The number of unbranched alkanes of at least 4 members (excludes halogenated alkanes) is 1. The van der Waals surface area contributed by atoms with Gasteiger partial charge in [0, 0.05) is 24.6 Å². The van der Waals surface area contributed by atoms with E-state index in [-0.39, 0.29) is 6.17 Å². The second kappa shape index (κ2) is 5.95. The monoisotopic (exact) mass is 267 g/mol. The minimum atomic E-state index is 0.202. The molecule has 2 aliphatic rings. The topological polar surface area (TPSA) is 18.8 Å². The number of para-hydroxylation sites is 1. The maximum Gasteiger partial charge on any atom is 0.142 e. The number of allylic oxidation sites excluding steroid dienone is 1. The molecule has 0 saturated heterocycles. The summed E-state index contributed by atoms with van der Waals surface area (Å²) in [5.41, 5.74) is 2.71. The SMILES string of the molecule is CCCCC1=CN2N=CC=CC2N(c2ccccc2)C1. The van der Waals surface area contributed by atoms with E-state index in [1.54, 1.807) is 0 Å². The zero-order valence-electron chi connectivity index (χ0n) is 11.9. The fraction of sp³-hybridized carbons (Fsp3) is 0.353. The van der Waals surface area contributed by atoms with Gasteiger partial charge in [0.2, 0.25) is 0 Å². The predicted octanol–water partition coefficient (Wildman–Crippen LogP) is 3.76. The van der Waals surface area contributed by atoms with Crippen LogP contribution in [0.4, 0.5) is 5.69 Å². The van der Waals surface area contributed by atoms with Crippen molar-refractivity contribution in [2.24, 2.45) is 5.10 Å². The third kappa shape index (κ3) is 2.62. The molecule has 1 unspecified atom stereocenters. The van der Waals surface area contributed by atoms with E-state index in [0.29, 0.717) is 0 Å². The molecule has 0 bridgehead atoms. The Morgan fingerprint density at radius 2 is 2.10 bits per heavy atom. The average Bonchev–Trinajstić information content (AvgIpc) is 2.53. The van der Waals surface area contributed by atoms with Crippen molar-refractivity contribution >= 4 is 11.9 Å². The third-order valence-electron chi connectivity index (χ3n) is 3.79. The van der Waals surface area contributed by atoms with E-state index in [4.69, 9.17) is 0 Å². The summed E-state index contributed by atoms with van der Waals surface area (Å²) >= 11 is 0. The fourth-order valence-electron chi connectivity index (χ4n) is 2.73. The van der Waals surface area contributed by atoms with Crippen LogP contribution in [0.15, 0.2) is 59.4 Å². The highest BCUT2D eigenvalue weighted by Crippen LogP contribution is 2.28. The maximum atomic E-state index is 4.49. The van der Waals surface area contributed by atoms with E-state index in [2.05, 4.69) is 64.5 Å². The van der Waals surface area contributed by atoms with Crippen molar-refractivity contribution in [3.8, 4) is 0 Å². The summed E-state index contributed by atoms with van der Waals surface area (Å²) in [5.74, 6) is 0. The molecule has 3 heteroatoms. The van der Waals surface area contributed by atoms with Gasteiger partial charge in [-0.3, -0.25) is 0 Å². The Morgan fingerprint density at radius 1 is 1.25 bits per heavy atom. The van der Waals surface area contributed by atoms with Gasteiger partial charge in [-0.2, -0.15) is 5.10 Å². The minimum absolute atomic E-state index is 0.202. The van der Waals surface area contributed by atoms with Crippen LogP contribution in [0.25, 0.3) is 0 Å². The number of anilines is 1. The fourth-order valence-corrected chi connectivity index (χ4v) is 2.73. The molecule has 1 aromatic rings. The quantitative estimate of drug-likeness (QED) is 0.827. The first-order valence-electron chi connectivity index (χ1n) is 7.39. The number of hydrogen-bond acceptors (Lipinski definition) is 3. The molecule has 0 saturated carbocycles. The molecule has 0 aliphatic carbocycles.